The molecule has 1 atom stereocenters. The third-order valence-electron chi connectivity index (χ3n) is 7.17. The van der Waals surface area contributed by atoms with Gasteiger partial charge in [0.05, 0.1) is 17.4 Å². The number of anilines is 3. The summed E-state index contributed by atoms with van der Waals surface area (Å²) in [7, 11) is 1.91. The molecule has 3 heterocycles. The first-order valence-electron chi connectivity index (χ1n) is 15.2. The van der Waals surface area contributed by atoms with Gasteiger partial charge in [0.2, 0.25) is 5.91 Å². The zero-order chi connectivity index (χ0) is 32.6. The molecule has 2 amide bonds. The van der Waals surface area contributed by atoms with Gasteiger partial charge in [0.25, 0.3) is 0 Å². The van der Waals surface area contributed by atoms with Crippen LogP contribution in [-0.2, 0) is 9.53 Å². The number of nitrogens with one attached hydrogen (secondary N) is 3. The number of aromatic nitrogens is 3. The SMILES string of the molecule is CCCN(CCNC)CCC(=O)Nc1cc(Nc2cc(-c3cc(Cl)ccc3F)nnc2C2CCN2C(=O)OC(C)(C)C)ccn1. The molecule has 3 aromatic rings. The third-order valence-corrected chi connectivity index (χ3v) is 7.40. The number of likely N-dealkylation sites (N-methyl/N-ethyl adjacent to an activating group) is 1. The van der Waals surface area contributed by atoms with Gasteiger partial charge in [-0.15, -0.1) is 5.10 Å². The molecule has 1 aliphatic rings. The lowest BCUT2D eigenvalue weighted by molar-refractivity contribution is -0.116. The molecule has 1 saturated heterocycles. The molecule has 4 rings (SSSR count). The Kier molecular flexibility index (Phi) is 11.7. The molecule has 11 nitrogen and oxygen atoms in total. The summed E-state index contributed by atoms with van der Waals surface area (Å²) in [6.07, 6.45) is 3.12. The number of likely N-dealkylation sites (tertiary alicyclic amines) is 1. The Labute approximate surface area is 268 Å². The van der Waals surface area contributed by atoms with Gasteiger partial charge in [-0.2, -0.15) is 5.10 Å². The zero-order valence-electron chi connectivity index (χ0n) is 26.5. The Balaban J connectivity index is 1.57. The second-order valence-electron chi connectivity index (χ2n) is 11.9. The summed E-state index contributed by atoms with van der Waals surface area (Å²) in [5, 5.41) is 18.5. The van der Waals surface area contributed by atoms with Gasteiger partial charge in [-0.1, -0.05) is 18.5 Å². The van der Waals surface area contributed by atoms with Crippen LogP contribution in [0.4, 0.5) is 26.4 Å². The molecule has 242 valence electrons. The maximum absolute atomic E-state index is 14.8. The van der Waals surface area contributed by atoms with Crippen LogP contribution in [0, 0.1) is 5.82 Å². The van der Waals surface area contributed by atoms with Crippen LogP contribution in [0.2, 0.25) is 5.02 Å². The van der Waals surface area contributed by atoms with Crippen molar-refractivity contribution >= 4 is 40.8 Å². The standard InChI is InChI=1S/C32H42ClFN8O3/c1-6-14-41(17-13-35-5)15-11-29(43)38-28-19-22(9-12-36-28)37-26-20-25(23-18-21(33)7-8-24(23)34)39-40-30(26)27-10-16-42(27)31(44)45-32(2,3)4/h7-9,12,18-20,27,35H,6,10-11,13-17H2,1-5H3,(H2,36,37,38,39,43). The number of halogens is 2. The predicted molar refractivity (Wildman–Crippen MR) is 174 cm³/mol. The summed E-state index contributed by atoms with van der Waals surface area (Å²) in [4.78, 5) is 33.9. The Morgan fingerprint density at radius 3 is 2.62 bits per heavy atom. The number of pyridine rings is 1. The van der Waals surface area contributed by atoms with Crippen molar-refractivity contribution in [3.63, 3.8) is 0 Å². The van der Waals surface area contributed by atoms with Crippen molar-refractivity contribution in [2.45, 2.75) is 58.6 Å². The van der Waals surface area contributed by atoms with Crippen LogP contribution in [0.25, 0.3) is 11.3 Å². The van der Waals surface area contributed by atoms with E-state index >= 15 is 0 Å². The predicted octanol–water partition coefficient (Wildman–Crippen LogP) is 6.02. The lowest BCUT2D eigenvalue weighted by atomic mass is 9.98. The summed E-state index contributed by atoms with van der Waals surface area (Å²) in [6.45, 7) is 11.3. The van der Waals surface area contributed by atoms with Crippen LogP contribution >= 0.6 is 11.6 Å². The van der Waals surface area contributed by atoms with E-state index in [1.165, 1.54) is 18.2 Å². The number of amides is 2. The summed E-state index contributed by atoms with van der Waals surface area (Å²) in [5.41, 5.74) is 1.42. The van der Waals surface area contributed by atoms with Gasteiger partial charge in [-0.3, -0.25) is 9.69 Å². The number of carbonyl (C=O) groups is 2. The van der Waals surface area contributed by atoms with E-state index in [9.17, 15) is 14.0 Å². The summed E-state index contributed by atoms with van der Waals surface area (Å²) < 4.78 is 20.4. The van der Waals surface area contributed by atoms with Crippen LogP contribution < -0.4 is 16.0 Å². The first-order chi connectivity index (χ1) is 21.5. The third kappa shape index (κ3) is 9.56. The number of rotatable bonds is 13. The number of nitrogens with zero attached hydrogens (tertiary/aromatic N) is 5. The highest BCUT2D eigenvalue weighted by Gasteiger charge is 2.39. The van der Waals surface area contributed by atoms with Gasteiger partial charge in [0, 0.05) is 61.1 Å². The summed E-state index contributed by atoms with van der Waals surface area (Å²) >= 11 is 6.16. The molecule has 1 aliphatic heterocycles. The molecular weight excluding hydrogens is 599 g/mol. The highest BCUT2D eigenvalue weighted by atomic mass is 35.5. The Bertz CT molecular complexity index is 1490. The lowest BCUT2D eigenvalue weighted by Crippen LogP contribution is -2.47. The monoisotopic (exact) mass is 640 g/mol. The first-order valence-corrected chi connectivity index (χ1v) is 15.6. The van der Waals surface area contributed by atoms with Crippen LogP contribution in [0.15, 0.2) is 42.6 Å². The highest BCUT2D eigenvalue weighted by molar-refractivity contribution is 6.30. The van der Waals surface area contributed by atoms with E-state index in [1.54, 1.807) is 29.3 Å². The number of benzene rings is 1. The van der Waals surface area contributed by atoms with Crippen LogP contribution in [0.3, 0.4) is 0 Å². The molecule has 0 saturated carbocycles. The fourth-order valence-electron chi connectivity index (χ4n) is 4.90. The smallest absolute Gasteiger partial charge is 0.410 e. The fourth-order valence-corrected chi connectivity index (χ4v) is 5.07. The minimum Gasteiger partial charge on any atom is -0.444 e. The quantitative estimate of drug-likeness (QED) is 0.206. The van der Waals surface area contributed by atoms with Crippen molar-refractivity contribution in [1.29, 1.82) is 0 Å². The van der Waals surface area contributed by atoms with E-state index in [4.69, 9.17) is 16.3 Å². The molecule has 1 fully saturated rings. The Hall–Kier alpha value is -3.87. The van der Waals surface area contributed by atoms with Gasteiger partial charge in [-0.05, 0) is 77.5 Å². The highest BCUT2D eigenvalue weighted by Crippen LogP contribution is 2.39. The van der Waals surface area contributed by atoms with Gasteiger partial charge >= 0.3 is 6.09 Å². The lowest BCUT2D eigenvalue weighted by Gasteiger charge is -2.41. The van der Waals surface area contributed by atoms with Crippen molar-refractivity contribution in [3.8, 4) is 11.3 Å². The minimum absolute atomic E-state index is 0.141. The topological polar surface area (TPSA) is 125 Å². The Morgan fingerprint density at radius 1 is 1.13 bits per heavy atom. The van der Waals surface area contributed by atoms with Crippen LogP contribution in [0.5, 0.6) is 0 Å². The molecule has 45 heavy (non-hydrogen) atoms. The number of hydrogen-bond acceptors (Lipinski definition) is 9. The van der Waals surface area contributed by atoms with E-state index in [1.807, 2.05) is 27.8 Å². The average Bonchev–Trinajstić information content (AvgIpc) is 2.95. The Morgan fingerprint density at radius 2 is 1.93 bits per heavy atom. The summed E-state index contributed by atoms with van der Waals surface area (Å²) in [6, 6.07) is 8.95. The van der Waals surface area contributed by atoms with Crippen molar-refractivity contribution in [2.24, 2.45) is 0 Å². The van der Waals surface area contributed by atoms with Gasteiger partial charge in [0.15, 0.2) is 0 Å². The van der Waals surface area contributed by atoms with Crippen LogP contribution in [-0.4, -0.2) is 82.4 Å². The number of ether oxygens (including phenoxy) is 1. The normalized spacial score (nSPS) is 14.7. The molecule has 1 unspecified atom stereocenters. The maximum Gasteiger partial charge on any atom is 0.410 e. The minimum atomic E-state index is -0.656. The van der Waals surface area contributed by atoms with E-state index in [0.29, 0.717) is 53.8 Å². The van der Waals surface area contributed by atoms with Crippen LogP contribution in [0.1, 0.15) is 58.7 Å². The molecule has 13 heteroatoms. The zero-order valence-corrected chi connectivity index (χ0v) is 27.2. The van der Waals surface area contributed by atoms with Gasteiger partial charge in [-0.25, -0.2) is 14.2 Å². The van der Waals surface area contributed by atoms with E-state index in [-0.39, 0.29) is 17.2 Å². The fraction of sp³-hybridized carbons (Fsp3) is 0.469. The summed E-state index contributed by atoms with van der Waals surface area (Å²) in [5.74, 6) is -0.257. The molecule has 1 aromatic carbocycles. The molecule has 3 N–H and O–H groups in total. The van der Waals surface area contributed by atoms with Gasteiger partial charge < -0.3 is 25.6 Å². The second kappa shape index (κ2) is 15.4. The molecule has 0 spiro atoms. The number of carbonyl (C=O) groups excluding carboxylic acids is 2. The molecular formula is C32H42ClFN8O3. The maximum atomic E-state index is 14.8. The van der Waals surface area contributed by atoms with E-state index in [2.05, 4.69) is 43.0 Å². The molecule has 0 aliphatic carbocycles. The largest absolute Gasteiger partial charge is 0.444 e. The molecule has 0 bridgehead atoms. The van der Waals surface area contributed by atoms with Crippen molar-refractivity contribution in [3.05, 3.63) is 59.1 Å². The first kappa shape index (κ1) is 34.0. The number of hydrogen-bond donors (Lipinski definition) is 3. The van der Waals surface area contributed by atoms with Crippen molar-refractivity contribution < 1.29 is 18.7 Å². The van der Waals surface area contributed by atoms with E-state index < -0.39 is 23.6 Å². The van der Waals surface area contributed by atoms with E-state index in [0.717, 1.165) is 26.1 Å². The van der Waals surface area contributed by atoms with Crippen molar-refractivity contribution in [1.82, 2.24) is 30.3 Å². The second-order valence-corrected chi connectivity index (χ2v) is 12.4. The van der Waals surface area contributed by atoms with Crippen molar-refractivity contribution in [2.75, 3.05) is 50.4 Å². The van der Waals surface area contributed by atoms with Gasteiger partial charge in [0.1, 0.15) is 22.9 Å². The molecule has 0 radical (unpaired) electrons. The molecule has 2 aromatic heterocycles. The average molecular weight is 641 g/mol.